The molecule has 0 atom stereocenters. The van der Waals surface area contributed by atoms with Gasteiger partial charge in [-0.05, 0) is 52.3 Å². The summed E-state index contributed by atoms with van der Waals surface area (Å²) in [5, 5.41) is 2.85. The Bertz CT molecular complexity index is 737. The summed E-state index contributed by atoms with van der Waals surface area (Å²) in [5.41, 5.74) is 5.37. The number of nitrogens with one attached hydrogen (secondary N) is 1. The number of anilines is 1. The van der Waals surface area contributed by atoms with Gasteiger partial charge in [-0.15, -0.1) is 0 Å². The van der Waals surface area contributed by atoms with Gasteiger partial charge in [0.2, 0.25) is 5.91 Å². The van der Waals surface area contributed by atoms with Crippen molar-refractivity contribution in [3.05, 3.63) is 62.8 Å². The number of rotatable bonds is 3. The van der Waals surface area contributed by atoms with E-state index in [4.69, 9.17) is 17.3 Å². The Labute approximate surface area is 133 Å². The number of amides is 2. The Balaban J connectivity index is 2.31. The maximum atomic E-state index is 13.7. The zero-order chi connectivity index (χ0) is 15.6. The lowest BCUT2D eigenvalue weighted by molar-refractivity contribution is 0.0996. The zero-order valence-electron chi connectivity index (χ0n) is 10.5. The SMILES string of the molecule is NC(=O)c1ccc(F)c(NC(=O)c2ccc(Cl)cc2Br)c1. The molecule has 2 aromatic carbocycles. The first-order valence-corrected chi connectivity index (χ1v) is 6.91. The molecule has 3 N–H and O–H groups in total. The Morgan fingerprint density at radius 3 is 2.52 bits per heavy atom. The van der Waals surface area contributed by atoms with Gasteiger partial charge in [0.15, 0.2) is 0 Å². The largest absolute Gasteiger partial charge is 0.366 e. The molecule has 7 heteroatoms. The number of carbonyl (C=O) groups is 2. The summed E-state index contributed by atoms with van der Waals surface area (Å²) in [6, 6.07) is 8.07. The van der Waals surface area contributed by atoms with Gasteiger partial charge in [-0.3, -0.25) is 9.59 Å². The third-order valence-electron chi connectivity index (χ3n) is 2.67. The molecule has 21 heavy (non-hydrogen) atoms. The Morgan fingerprint density at radius 2 is 1.90 bits per heavy atom. The molecule has 0 aromatic heterocycles. The molecule has 0 saturated heterocycles. The van der Waals surface area contributed by atoms with E-state index < -0.39 is 17.6 Å². The number of hydrogen-bond acceptors (Lipinski definition) is 2. The van der Waals surface area contributed by atoms with E-state index >= 15 is 0 Å². The van der Waals surface area contributed by atoms with Crippen LogP contribution in [-0.4, -0.2) is 11.8 Å². The van der Waals surface area contributed by atoms with Crippen molar-refractivity contribution in [3.63, 3.8) is 0 Å². The molecule has 2 aromatic rings. The second kappa shape index (κ2) is 6.24. The molecule has 0 bridgehead atoms. The van der Waals surface area contributed by atoms with Crippen LogP contribution in [0.1, 0.15) is 20.7 Å². The molecule has 0 unspecified atom stereocenters. The van der Waals surface area contributed by atoms with Gasteiger partial charge in [0.05, 0.1) is 11.3 Å². The number of halogens is 3. The third kappa shape index (κ3) is 3.59. The predicted molar refractivity (Wildman–Crippen MR) is 82.0 cm³/mol. The van der Waals surface area contributed by atoms with Crippen LogP contribution in [0.2, 0.25) is 5.02 Å². The van der Waals surface area contributed by atoms with E-state index in [-0.39, 0.29) is 16.8 Å². The van der Waals surface area contributed by atoms with Crippen LogP contribution in [0.4, 0.5) is 10.1 Å². The summed E-state index contributed by atoms with van der Waals surface area (Å²) < 4.78 is 14.1. The number of carbonyl (C=O) groups excluding carboxylic acids is 2. The van der Waals surface area contributed by atoms with Gasteiger partial charge >= 0.3 is 0 Å². The second-order valence-electron chi connectivity index (χ2n) is 4.14. The average molecular weight is 372 g/mol. The molecule has 0 aliphatic rings. The van der Waals surface area contributed by atoms with E-state index in [2.05, 4.69) is 21.2 Å². The molecule has 0 saturated carbocycles. The van der Waals surface area contributed by atoms with Gasteiger partial charge < -0.3 is 11.1 Å². The summed E-state index contributed by atoms with van der Waals surface area (Å²) >= 11 is 8.99. The van der Waals surface area contributed by atoms with Crippen molar-refractivity contribution in [1.82, 2.24) is 0 Å². The maximum absolute atomic E-state index is 13.7. The van der Waals surface area contributed by atoms with Crippen molar-refractivity contribution < 1.29 is 14.0 Å². The van der Waals surface area contributed by atoms with Gasteiger partial charge in [0.25, 0.3) is 5.91 Å². The summed E-state index contributed by atoms with van der Waals surface area (Å²) in [6.45, 7) is 0. The molecule has 0 heterocycles. The minimum Gasteiger partial charge on any atom is -0.366 e. The van der Waals surface area contributed by atoms with Crippen LogP contribution in [-0.2, 0) is 0 Å². The van der Waals surface area contributed by atoms with E-state index in [1.807, 2.05) is 0 Å². The lowest BCUT2D eigenvalue weighted by atomic mass is 10.1. The molecule has 0 radical (unpaired) electrons. The van der Waals surface area contributed by atoms with Crippen LogP contribution in [0.3, 0.4) is 0 Å². The minimum absolute atomic E-state index is 0.0990. The number of primary amides is 1. The van der Waals surface area contributed by atoms with E-state index in [1.165, 1.54) is 24.3 Å². The second-order valence-corrected chi connectivity index (χ2v) is 5.43. The molecular weight excluding hydrogens is 363 g/mol. The molecular formula is C14H9BrClFN2O2. The first kappa shape index (κ1) is 15.5. The van der Waals surface area contributed by atoms with E-state index in [9.17, 15) is 14.0 Å². The molecule has 0 fully saturated rings. The quantitative estimate of drug-likeness (QED) is 0.865. The highest BCUT2D eigenvalue weighted by molar-refractivity contribution is 9.10. The highest BCUT2D eigenvalue weighted by Gasteiger charge is 2.14. The molecule has 108 valence electrons. The normalized spacial score (nSPS) is 10.2. The summed E-state index contributed by atoms with van der Waals surface area (Å²) in [7, 11) is 0. The Kier molecular flexibility index (Phi) is 4.59. The Hall–Kier alpha value is -1.92. The number of hydrogen-bond donors (Lipinski definition) is 2. The molecule has 0 aliphatic carbocycles. The molecule has 2 rings (SSSR count). The first-order valence-electron chi connectivity index (χ1n) is 5.74. The minimum atomic E-state index is -0.710. The lowest BCUT2D eigenvalue weighted by Crippen LogP contribution is -2.16. The fraction of sp³-hybridized carbons (Fsp3) is 0. The smallest absolute Gasteiger partial charge is 0.256 e. The van der Waals surface area contributed by atoms with Crippen LogP contribution >= 0.6 is 27.5 Å². The summed E-state index contributed by atoms with van der Waals surface area (Å²) in [4.78, 5) is 23.2. The van der Waals surface area contributed by atoms with Crippen LogP contribution in [0.15, 0.2) is 40.9 Å². The highest BCUT2D eigenvalue weighted by atomic mass is 79.9. The van der Waals surface area contributed by atoms with Crippen molar-refractivity contribution in [3.8, 4) is 0 Å². The Morgan fingerprint density at radius 1 is 1.19 bits per heavy atom. The van der Waals surface area contributed by atoms with E-state index in [0.717, 1.165) is 6.07 Å². The van der Waals surface area contributed by atoms with Gasteiger partial charge in [-0.2, -0.15) is 0 Å². The van der Waals surface area contributed by atoms with Crippen LogP contribution in [0, 0.1) is 5.82 Å². The third-order valence-corrected chi connectivity index (χ3v) is 3.57. The highest BCUT2D eigenvalue weighted by Crippen LogP contribution is 2.23. The first-order chi connectivity index (χ1) is 9.88. The standard InChI is InChI=1S/C14H9BrClFN2O2/c15-10-6-8(16)2-3-9(10)14(21)19-12-5-7(13(18)20)1-4-11(12)17/h1-6H,(H2,18,20)(H,19,21). The van der Waals surface area contributed by atoms with Crippen molar-refractivity contribution in [2.75, 3.05) is 5.32 Å². The predicted octanol–water partition coefficient (Wildman–Crippen LogP) is 3.59. The van der Waals surface area contributed by atoms with Crippen molar-refractivity contribution in [2.45, 2.75) is 0 Å². The zero-order valence-corrected chi connectivity index (χ0v) is 12.8. The topological polar surface area (TPSA) is 72.2 Å². The number of nitrogens with two attached hydrogens (primary N) is 1. The molecule has 0 aliphatic heterocycles. The lowest BCUT2D eigenvalue weighted by Gasteiger charge is -2.09. The monoisotopic (exact) mass is 370 g/mol. The molecule has 0 spiro atoms. The van der Waals surface area contributed by atoms with Gasteiger partial charge in [-0.25, -0.2) is 4.39 Å². The van der Waals surface area contributed by atoms with E-state index in [0.29, 0.717) is 9.50 Å². The maximum Gasteiger partial charge on any atom is 0.256 e. The number of benzene rings is 2. The molecule has 2 amide bonds. The fourth-order valence-electron chi connectivity index (χ4n) is 1.64. The van der Waals surface area contributed by atoms with Gasteiger partial charge in [0, 0.05) is 15.1 Å². The average Bonchev–Trinajstić information content (AvgIpc) is 2.40. The molecule has 4 nitrogen and oxygen atoms in total. The summed E-state index contributed by atoms with van der Waals surface area (Å²) in [6.07, 6.45) is 0. The summed E-state index contributed by atoms with van der Waals surface area (Å²) in [5.74, 6) is -1.92. The van der Waals surface area contributed by atoms with Gasteiger partial charge in [0.1, 0.15) is 5.82 Å². The van der Waals surface area contributed by atoms with Crippen LogP contribution in [0.5, 0.6) is 0 Å². The van der Waals surface area contributed by atoms with Crippen LogP contribution in [0.25, 0.3) is 0 Å². The van der Waals surface area contributed by atoms with Crippen molar-refractivity contribution >= 4 is 45.0 Å². The van der Waals surface area contributed by atoms with Gasteiger partial charge in [-0.1, -0.05) is 11.6 Å². The van der Waals surface area contributed by atoms with Crippen molar-refractivity contribution in [2.24, 2.45) is 5.73 Å². The van der Waals surface area contributed by atoms with E-state index in [1.54, 1.807) is 6.07 Å². The van der Waals surface area contributed by atoms with Crippen molar-refractivity contribution in [1.29, 1.82) is 0 Å². The van der Waals surface area contributed by atoms with Crippen LogP contribution < -0.4 is 11.1 Å². The fourth-order valence-corrected chi connectivity index (χ4v) is 2.50.